The van der Waals surface area contributed by atoms with E-state index < -0.39 is 0 Å². The van der Waals surface area contributed by atoms with Crippen LogP contribution in [0, 0.1) is 13.8 Å². The minimum atomic E-state index is 0.114. The molecule has 0 aliphatic heterocycles. The zero-order chi connectivity index (χ0) is 10.1. The van der Waals surface area contributed by atoms with E-state index in [1.807, 2.05) is 12.1 Å². The van der Waals surface area contributed by atoms with Crippen LogP contribution in [0.5, 0.6) is 0 Å². The maximum Gasteiger partial charge on any atom is 0.0682 e. The normalized spacial score (nSPS) is 10.8. The Bertz CT molecular complexity index is 472. The Hall–Kier alpha value is -1.34. The van der Waals surface area contributed by atoms with Gasteiger partial charge in [-0.2, -0.15) is 0 Å². The second-order valence-corrected chi connectivity index (χ2v) is 3.78. The maximum absolute atomic E-state index is 9.02. The third kappa shape index (κ3) is 1.51. The highest BCUT2D eigenvalue weighted by Gasteiger charge is 1.98. The van der Waals surface area contributed by atoms with Crippen LogP contribution in [0.1, 0.15) is 16.7 Å². The summed E-state index contributed by atoms with van der Waals surface area (Å²) in [5, 5.41) is 11.5. The molecule has 0 radical (unpaired) electrons. The van der Waals surface area contributed by atoms with Gasteiger partial charge in [0, 0.05) is 0 Å². The van der Waals surface area contributed by atoms with Crippen LogP contribution >= 0.6 is 0 Å². The lowest BCUT2D eigenvalue weighted by atomic mass is 10.0. The third-order valence-corrected chi connectivity index (χ3v) is 2.70. The smallest absolute Gasteiger partial charge is 0.0682 e. The molecule has 1 nitrogen and oxygen atoms in total. The standard InChI is InChI=1S/C13H14O/c1-9-5-12-4-3-11(8-14)7-13(12)6-10(9)2/h3-7,14H,8H2,1-2H3. The highest BCUT2D eigenvalue weighted by molar-refractivity contribution is 5.84. The van der Waals surface area contributed by atoms with E-state index in [9.17, 15) is 0 Å². The molecule has 2 aromatic carbocycles. The second kappa shape index (κ2) is 3.43. The van der Waals surface area contributed by atoms with Crippen molar-refractivity contribution in [3.63, 3.8) is 0 Å². The molecule has 0 atom stereocenters. The first-order valence-corrected chi connectivity index (χ1v) is 4.81. The van der Waals surface area contributed by atoms with Gasteiger partial charge >= 0.3 is 0 Å². The fourth-order valence-electron chi connectivity index (χ4n) is 1.67. The predicted octanol–water partition coefficient (Wildman–Crippen LogP) is 2.95. The Morgan fingerprint density at radius 3 is 2.21 bits per heavy atom. The summed E-state index contributed by atoms with van der Waals surface area (Å²) in [7, 11) is 0. The molecule has 0 saturated carbocycles. The Kier molecular flexibility index (Phi) is 2.26. The van der Waals surface area contributed by atoms with Gasteiger partial charge in [0.05, 0.1) is 6.61 Å². The van der Waals surface area contributed by atoms with E-state index in [2.05, 4.69) is 32.0 Å². The maximum atomic E-state index is 9.02. The van der Waals surface area contributed by atoms with Gasteiger partial charge < -0.3 is 5.11 Å². The highest BCUT2D eigenvalue weighted by atomic mass is 16.3. The summed E-state index contributed by atoms with van der Waals surface area (Å²) in [6.07, 6.45) is 0. The third-order valence-electron chi connectivity index (χ3n) is 2.70. The van der Waals surface area contributed by atoms with E-state index in [0.717, 1.165) is 5.56 Å². The second-order valence-electron chi connectivity index (χ2n) is 3.78. The van der Waals surface area contributed by atoms with Crippen LogP contribution in [-0.4, -0.2) is 5.11 Å². The predicted molar refractivity (Wildman–Crippen MR) is 59.3 cm³/mol. The zero-order valence-electron chi connectivity index (χ0n) is 8.54. The van der Waals surface area contributed by atoms with Gasteiger partial charge in [-0.3, -0.25) is 0 Å². The molecule has 0 saturated heterocycles. The van der Waals surface area contributed by atoms with Gasteiger partial charge in [0.2, 0.25) is 0 Å². The highest BCUT2D eigenvalue weighted by Crippen LogP contribution is 2.20. The molecule has 1 N–H and O–H groups in total. The number of hydrogen-bond donors (Lipinski definition) is 1. The van der Waals surface area contributed by atoms with Crippen LogP contribution in [0.2, 0.25) is 0 Å². The van der Waals surface area contributed by atoms with Gasteiger partial charge in [-0.1, -0.05) is 24.3 Å². The molecule has 0 aliphatic carbocycles. The topological polar surface area (TPSA) is 20.2 Å². The molecule has 0 heterocycles. The minimum Gasteiger partial charge on any atom is -0.392 e. The fraction of sp³-hybridized carbons (Fsp3) is 0.231. The molecular weight excluding hydrogens is 172 g/mol. The fourth-order valence-corrected chi connectivity index (χ4v) is 1.67. The van der Waals surface area contributed by atoms with Gasteiger partial charge in [-0.15, -0.1) is 0 Å². The number of hydrogen-bond acceptors (Lipinski definition) is 1. The first-order valence-electron chi connectivity index (χ1n) is 4.81. The van der Waals surface area contributed by atoms with Crippen LogP contribution in [0.15, 0.2) is 30.3 Å². The molecule has 72 valence electrons. The van der Waals surface area contributed by atoms with Gasteiger partial charge in [0.1, 0.15) is 0 Å². The van der Waals surface area contributed by atoms with Gasteiger partial charge in [0.15, 0.2) is 0 Å². The van der Waals surface area contributed by atoms with Crippen molar-refractivity contribution < 1.29 is 5.11 Å². The summed E-state index contributed by atoms with van der Waals surface area (Å²) in [6, 6.07) is 10.4. The molecule has 0 spiro atoms. The van der Waals surface area contributed by atoms with Gasteiger partial charge in [-0.05, 0) is 47.4 Å². The number of aryl methyl sites for hydroxylation is 2. The lowest BCUT2D eigenvalue weighted by Crippen LogP contribution is -1.85. The summed E-state index contributed by atoms with van der Waals surface area (Å²) in [6.45, 7) is 4.35. The molecule has 14 heavy (non-hydrogen) atoms. The van der Waals surface area contributed by atoms with Crippen LogP contribution in [0.3, 0.4) is 0 Å². The van der Waals surface area contributed by atoms with Crippen LogP contribution in [0.4, 0.5) is 0 Å². The average Bonchev–Trinajstić information content (AvgIpc) is 2.19. The summed E-state index contributed by atoms with van der Waals surface area (Å²) in [5.74, 6) is 0. The first-order chi connectivity index (χ1) is 6.70. The molecule has 0 bridgehead atoms. The Balaban J connectivity index is 2.70. The first kappa shape index (κ1) is 9.22. The molecule has 2 rings (SSSR count). The number of fused-ring (bicyclic) bond motifs is 1. The van der Waals surface area contributed by atoms with Crippen LogP contribution < -0.4 is 0 Å². The number of rotatable bonds is 1. The van der Waals surface area contributed by atoms with E-state index >= 15 is 0 Å². The van der Waals surface area contributed by atoms with Crippen molar-refractivity contribution >= 4 is 10.8 Å². The van der Waals surface area contributed by atoms with Crippen LogP contribution in [0.25, 0.3) is 10.8 Å². The SMILES string of the molecule is Cc1cc2ccc(CO)cc2cc1C. The van der Waals surface area contributed by atoms with Crippen molar-refractivity contribution in [2.24, 2.45) is 0 Å². The van der Waals surface area contributed by atoms with Crippen molar-refractivity contribution in [1.29, 1.82) is 0 Å². The van der Waals surface area contributed by atoms with Crippen LogP contribution in [-0.2, 0) is 6.61 Å². The molecule has 1 heteroatoms. The number of benzene rings is 2. The Morgan fingerprint density at radius 1 is 0.929 bits per heavy atom. The van der Waals surface area contributed by atoms with E-state index in [0.29, 0.717) is 0 Å². The van der Waals surface area contributed by atoms with Crippen molar-refractivity contribution in [3.05, 3.63) is 47.0 Å². The monoisotopic (exact) mass is 186 g/mol. The quantitative estimate of drug-likeness (QED) is 0.726. The van der Waals surface area contributed by atoms with Crippen molar-refractivity contribution in [2.75, 3.05) is 0 Å². The Labute approximate surface area is 84.0 Å². The lowest BCUT2D eigenvalue weighted by molar-refractivity contribution is 0.282. The summed E-state index contributed by atoms with van der Waals surface area (Å²) in [5.41, 5.74) is 3.59. The number of aliphatic hydroxyl groups excluding tert-OH is 1. The summed E-state index contributed by atoms with van der Waals surface area (Å²) >= 11 is 0. The van der Waals surface area contributed by atoms with E-state index in [1.165, 1.54) is 21.9 Å². The number of aliphatic hydroxyl groups is 1. The minimum absolute atomic E-state index is 0.114. The molecular formula is C13H14O. The molecule has 2 aromatic rings. The summed E-state index contributed by atoms with van der Waals surface area (Å²) in [4.78, 5) is 0. The van der Waals surface area contributed by atoms with Crippen molar-refractivity contribution in [1.82, 2.24) is 0 Å². The summed E-state index contributed by atoms with van der Waals surface area (Å²) < 4.78 is 0. The molecule has 0 aliphatic rings. The molecule has 0 unspecified atom stereocenters. The van der Waals surface area contributed by atoms with Gasteiger partial charge in [0.25, 0.3) is 0 Å². The molecule has 0 fully saturated rings. The van der Waals surface area contributed by atoms with Crippen molar-refractivity contribution in [3.8, 4) is 0 Å². The van der Waals surface area contributed by atoms with Crippen molar-refractivity contribution in [2.45, 2.75) is 20.5 Å². The largest absolute Gasteiger partial charge is 0.392 e. The average molecular weight is 186 g/mol. The molecule has 0 aromatic heterocycles. The molecule has 0 amide bonds. The zero-order valence-corrected chi connectivity index (χ0v) is 8.54. The lowest BCUT2D eigenvalue weighted by Gasteiger charge is -2.05. The Morgan fingerprint density at radius 2 is 1.57 bits per heavy atom. The van der Waals surface area contributed by atoms with E-state index in [4.69, 9.17) is 5.11 Å². The van der Waals surface area contributed by atoms with Gasteiger partial charge in [-0.25, -0.2) is 0 Å². The van der Waals surface area contributed by atoms with E-state index in [-0.39, 0.29) is 6.61 Å². The van der Waals surface area contributed by atoms with E-state index in [1.54, 1.807) is 0 Å².